The number of hydrogen-bond donors (Lipinski definition) is 3. The van der Waals surface area contributed by atoms with Crippen LogP contribution in [0.2, 0.25) is 0 Å². The summed E-state index contributed by atoms with van der Waals surface area (Å²) < 4.78 is 10.9. The summed E-state index contributed by atoms with van der Waals surface area (Å²) in [6.45, 7) is 3.30. The molecule has 1 aromatic carbocycles. The van der Waals surface area contributed by atoms with Crippen molar-refractivity contribution in [1.29, 1.82) is 0 Å². The van der Waals surface area contributed by atoms with Crippen LogP contribution in [0.3, 0.4) is 0 Å². The van der Waals surface area contributed by atoms with Gasteiger partial charge in [0, 0.05) is 5.69 Å². The third kappa shape index (κ3) is 6.48. The van der Waals surface area contributed by atoms with Gasteiger partial charge in [0.25, 0.3) is 0 Å². The predicted octanol–water partition coefficient (Wildman–Crippen LogP) is 3.11. The minimum absolute atomic E-state index is 0.0855. The van der Waals surface area contributed by atoms with Crippen LogP contribution in [-0.4, -0.2) is 21.0 Å². The van der Waals surface area contributed by atoms with E-state index >= 15 is 0 Å². The third-order valence-corrected chi connectivity index (χ3v) is 3.05. The molecule has 1 aromatic rings. The molecule has 0 aliphatic rings. The minimum Gasteiger partial charge on any atom is -0.339 e. The van der Waals surface area contributed by atoms with Gasteiger partial charge in [-0.1, -0.05) is 41.4 Å². The van der Waals surface area contributed by atoms with Crippen molar-refractivity contribution in [3.05, 3.63) is 42.7 Å². The Hall–Kier alpha value is -1.08. The summed E-state index contributed by atoms with van der Waals surface area (Å²) in [5, 5.41) is 7.87. The molecule has 0 spiro atoms. The van der Waals surface area contributed by atoms with Gasteiger partial charge in [0.1, 0.15) is 12.0 Å². The van der Waals surface area contributed by atoms with Gasteiger partial charge in [-0.2, -0.15) is 0 Å². The smallest absolute Gasteiger partial charge is 0.245 e. The summed E-state index contributed by atoms with van der Waals surface area (Å²) in [6.07, 6.45) is -0.0462. The SMILES string of the molecule is C=CC(=O)N[C@H](NC(=S)Nc1ccc(F)cc1)C(Cl)(Cl)Cl. The number of alkyl halides is 3. The topological polar surface area (TPSA) is 53.2 Å². The number of nitrogens with one attached hydrogen (secondary N) is 3. The van der Waals surface area contributed by atoms with Crippen molar-refractivity contribution < 1.29 is 9.18 Å². The van der Waals surface area contributed by atoms with Crippen LogP contribution >= 0.6 is 47.0 Å². The maximum absolute atomic E-state index is 12.8. The van der Waals surface area contributed by atoms with Gasteiger partial charge in [0.2, 0.25) is 9.70 Å². The van der Waals surface area contributed by atoms with Gasteiger partial charge in [-0.25, -0.2) is 4.39 Å². The summed E-state index contributed by atoms with van der Waals surface area (Å²) >= 11 is 22.3. The van der Waals surface area contributed by atoms with Gasteiger partial charge >= 0.3 is 0 Å². The van der Waals surface area contributed by atoms with E-state index in [2.05, 4.69) is 22.5 Å². The van der Waals surface area contributed by atoms with Crippen LogP contribution in [0.15, 0.2) is 36.9 Å². The van der Waals surface area contributed by atoms with Crippen LogP contribution in [0.5, 0.6) is 0 Å². The molecule has 0 heterocycles. The molecular weight excluding hydrogens is 360 g/mol. The van der Waals surface area contributed by atoms with E-state index in [1.54, 1.807) is 0 Å². The fraction of sp³-hybridized carbons (Fsp3) is 0.167. The van der Waals surface area contributed by atoms with E-state index in [1.807, 2.05) is 0 Å². The largest absolute Gasteiger partial charge is 0.339 e. The van der Waals surface area contributed by atoms with Crippen LogP contribution in [0, 0.1) is 5.82 Å². The van der Waals surface area contributed by atoms with E-state index in [1.165, 1.54) is 24.3 Å². The number of carbonyl (C=O) groups excluding carboxylic acids is 1. The third-order valence-electron chi connectivity index (χ3n) is 2.18. The molecule has 0 radical (unpaired) electrons. The van der Waals surface area contributed by atoms with E-state index in [-0.39, 0.29) is 10.9 Å². The second kappa shape index (κ2) is 7.79. The van der Waals surface area contributed by atoms with Crippen molar-refractivity contribution in [2.45, 2.75) is 9.96 Å². The summed E-state index contributed by atoms with van der Waals surface area (Å²) in [4.78, 5) is 11.3. The molecule has 0 saturated heterocycles. The Morgan fingerprint density at radius 2 is 1.86 bits per heavy atom. The highest BCUT2D eigenvalue weighted by molar-refractivity contribution is 7.80. The number of benzene rings is 1. The van der Waals surface area contributed by atoms with E-state index in [0.717, 1.165) is 6.08 Å². The highest BCUT2D eigenvalue weighted by atomic mass is 35.6. The van der Waals surface area contributed by atoms with Crippen LogP contribution in [0.25, 0.3) is 0 Å². The van der Waals surface area contributed by atoms with E-state index in [9.17, 15) is 9.18 Å². The quantitative estimate of drug-likeness (QED) is 0.330. The van der Waals surface area contributed by atoms with Gasteiger partial charge < -0.3 is 16.0 Å². The Bertz CT molecular complexity index is 534. The number of anilines is 1. The maximum Gasteiger partial charge on any atom is 0.245 e. The monoisotopic (exact) mass is 369 g/mol. The van der Waals surface area contributed by atoms with Crippen molar-refractivity contribution in [3.8, 4) is 0 Å². The van der Waals surface area contributed by atoms with E-state index in [4.69, 9.17) is 47.0 Å². The Morgan fingerprint density at radius 3 is 2.33 bits per heavy atom. The summed E-state index contributed by atoms with van der Waals surface area (Å²) in [5.74, 6) is -0.916. The molecule has 0 aromatic heterocycles. The zero-order valence-corrected chi connectivity index (χ0v) is 13.6. The van der Waals surface area contributed by atoms with Crippen LogP contribution in [0.1, 0.15) is 0 Å². The first-order valence-electron chi connectivity index (χ1n) is 5.55. The molecule has 0 aliphatic heterocycles. The first kappa shape index (κ1) is 18.0. The number of thiocarbonyl (C=S) groups is 1. The van der Waals surface area contributed by atoms with Gasteiger partial charge in [0.15, 0.2) is 5.11 Å². The molecule has 0 saturated carbocycles. The molecule has 0 fully saturated rings. The molecule has 0 aliphatic carbocycles. The molecule has 4 nitrogen and oxygen atoms in total. The molecule has 114 valence electrons. The van der Waals surface area contributed by atoms with Crippen molar-refractivity contribution in [3.63, 3.8) is 0 Å². The highest BCUT2D eigenvalue weighted by Gasteiger charge is 2.34. The normalized spacial score (nSPS) is 12.2. The maximum atomic E-state index is 12.8. The second-order valence-corrected chi connectivity index (χ2v) is 6.57. The zero-order chi connectivity index (χ0) is 16.0. The van der Waals surface area contributed by atoms with Gasteiger partial charge in [0.05, 0.1) is 0 Å². The van der Waals surface area contributed by atoms with Crippen molar-refractivity contribution in [1.82, 2.24) is 10.6 Å². The predicted molar refractivity (Wildman–Crippen MR) is 88.2 cm³/mol. The molecule has 0 unspecified atom stereocenters. The second-order valence-electron chi connectivity index (χ2n) is 3.79. The summed E-state index contributed by atoms with van der Waals surface area (Å²) in [5.41, 5.74) is 0.534. The first-order chi connectivity index (χ1) is 9.72. The molecule has 1 rings (SSSR count). The standard InChI is InChI=1S/C12H11Cl3FN3OS/c1-2-9(20)18-10(12(13,14)15)19-11(21)17-8-5-3-7(16)4-6-8/h2-6,10H,1H2,(H,18,20)(H2,17,19,21)/t10-/m1/s1. The van der Waals surface area contributed by atoms with Crippen molar-refractivity contribution >= 4 is 63.7 Å². The molecule has 0 bridgehead atoms. The van der Waals surface area contributed by atoms with Gasteiger partial charge in [-0.05, 0) is 42.6 Å². The molecular formula is C12H11Cl3FN3OS. The lowest BCUT2D eigenvalue weighted by atomic mass is 10.3. The van der Waals surface area contributed by atoms with Gasteiger partial charge in [-0.3, -0.25) is 4.79 Å². The van der Waals surface area contributed by atoms with Crippen molar-refractivity contribution in [2.75, 3.05) is 5.32 Å². The van der Waals surface area contributed by atoms with Crippen LogP contribution in [-0.2, 0) is 4.79 Å². The molecule has 1 atom stereocenters. The number of carbonyl (C=O) groups is 1. The average molecular weight is 371 g/mol. The Morgan fingerprint density at radius 1 is 1.29 bits per heavy atom. The fourth-order valence-electron chi connectivity index (χ4n) is 1.23. The van der Waals surface area contributed by atoms with E-state index < -0.39 is 15.9 Å². The fourth-order valence-corrected chi connectivity index (χ4v) is 1.80. The summed E-state index contributed by atoms with van der Waals surface area (Å²) in [7, 11) is 0. The number of hydrogen-bond acceptors (Lipinski definition) is 2. The summed E-state index contributed by atoms with van der Waals surface area (Å²) in [6, 6.07) is 5.49. The number of amides is 1. The first-order valence-corrected chi connectivity index (χ1v) is 7.09. The zero-order valence-electron chi connectivity index (χ0n) is 10.5. The molecule has 9 heteroatoms. The average Bonchev–Trinajstić information content (AvgIpc) is 2.39. The lowest BCUT2D eigenvalue weighted by Gasteiger charge is -2.27. The Labute approximate surface area is 141 Å². The molecule has 21 heavy (non-hydrogen) atoms. The Balaban J connectivity index is 2.69. The molecule has 1 amide bonds. The van der Waals surface area contributed by atoms with Gasteiger partial charge in [-0.15, -0.1) is 0 Å². The highest BCUT2D eigenvalue weighted by Crippen LogP contribution is 2.29. The van der Waals surface area contributed by atoms with E-state index in [0.29, 0.717) is 5.69 Å². The minimum atomic E-state index is -1.84. The molecule has 3 N–H and O–H groups in total. The van der Waals surface area contributed by atoms with Crippen LogP contribution < -0.4 is 16.0 Å². The lowest BCUT2D eigenvalue weighted by molar-refractivity contribution is -0.117. The number of rotatable bonds is 4. The lowest BCUT2D eigenvalue weighted by Crippen LogP contribution is -2.55. The Kier molecular flexibility index (Phi) is 6.67. The van der Waals surface area contributed by atoms with Crippen molar-refractivity contribution in [2.24, 2.45) is 0 Å². The number of halogens is 4. The van der Waals surface area contributed by atoms with Crippen LogP contribution in [0.4, 0.5) is 10.1 Å².